The molecule has 0 unspecified atom stereocenters. The Labute approximate surface area is 109 Å². The highest BCUT2D eigenvalue weighted by Crippen LogP contribution is 2.29. The molecule has 0 heterocycles. The van der Waals surface area contributed by atoms with Crippen molar-refractivity contribution in [1.29, 1.82) is 0 Å². The van der Waals surface area contributed by atoms with Crippen LogP contribution in [0, 0.1) is 0 Å². The van der Waals surface area contributed by atoms with Crippen LogP contribution in [0.3, 0.4) is 0 Å². The number of alkyl halides is 3. The van der Waals surface area contributed by atoms with Gasteiger partial charge in [0.05, 0.1) is 5.56 Å². The molecule has 0 amide bonds. The maximum atomic E-state index is 12.4. The van der Waals surface area contributed by atoms with E-state index in [-0.39, 0.29) is 0 Å². The van der Waals surface area contributed by atoms with Gasteiger partial charge in [-0.3, -0.25) is 0 Å². The van der Waals surface area contributed by atoms with Gasteiger partial charge in [-0.1, -0.05) is 36.4 Å². The van der Waals surface area contributed by atoms with Gasteiger partial charge in [-0.2, -0.15) is 13.2 Å². The Kier molecular flexibility index (Phi) is 3.90. The molecule has 0 aliphatic heterocycles. The quantitative estimate of drug-likeness (QED) is 0.898. The average Bonchev–Trinajstić information content (AvgIpc) is 2.38. The zero-order chi connectivity index (χ0) is 13.9. The summed E-state index contributed by atoms with van der Waals surface area (Å²) >= 11 is 0. The van der Waals surface area contributed by atoms with Gasteiger partial charge in [-0.05, 0) is 35.2 Å². The van der Waals surface area contributed by atoms with Crippen molar-refractivity contribution in [3.8, 4) is 0 Å². The fourth-order valence-electron chi connectivity index (χ4n) is 1.91. The molecule has 2 aromatic carbocycles. The standard InChI is InChI=1S/C15H14F3N/c16-15(17,18)14-6-4-11(5-7-14)8-12-2-1-3-13(9-12)10-19/h1-7,9H,8,10,19H2. The summed E-state index contributed by atoms with van der Waals surface area (Å²) in [6.45, 7) is 0.459. The van der Waals surface area contributed by atoms with Gasteiger partial charge in [0.25, 0.3) is 0 Å². The topological polar surface area (TPSA) is 26.0 Å². The molecule has 0 aliphatic carbocycles. The molecule has 1 nitrogen and oxygen atoms in total. The summed E-state index contributed by atoms with van der Waals surface area (Å²) in [4.78, 5) is 0. The summed E-state index contributed by atoms with van der Waals surface area (Å²) in [7, 11) is 0. The fraction of sp³-hybridized carbons (Fsp3) is 0.200. The summed E-state index contributed by atoms with van der Waals surface area (Å²) in [5.74, 6) is 0. The van der Waals surface area contributed by atoms with Crippen molar-refractivity contribution in [2.24, 2.45) is 5.73 Å². The summed E-state index contributed by atoms with van der Waals surface area (Å²) in [5.41, 5.74) is 7.85. The molecule has 0 saturated heterocycles. The number of halogens is 3. The minimum absolute atomic E-state index is 0.459. The van der Waals surface area contributed by atoms with E-state index >= 15 is 0 Å². The predicted molar refractivity (Wildman–Crippen MR) is 68.6 cm³/mol. The lowest BCUT2D eigenvalue weighted by atomic mass is 10.0. The summed E-state index contributed by atoms with van der Waals surface area (Å²) in [5, 5.41) is 0. The Hall–Kier alpha value is -1.81. The molecule has 2 rings (SSSR count). The lowest BCUT2D eigenvalue weighted by Crippen LogP contribution is -2.04. The van der Waals surface area contributed by atoms with E-state index in [4.69, 9.17) is 5.73 Å². The number of hydrogen-bond donors (Lipinski definition) is 1. The molecule has 0 saturated carbocycles. The van der Waals surface area contributed by atoms with Gasteiger partial charge in [-0.15, -0.1) is 0 Å². The van der Waals surface area contributed by atoms with Crippen LogP contribution in [-0.2, 0) is 19.1 Å². The molecule has 4 heteroatoms. The van der Waals surface area contributed by atoms with Crippen molar-refractivity contribution in [3.63, 3.8) is 0 Å². The first-order valence-corrected chi connectivity index (χ1v) is 5.93. The van der Waals surface area contributed by atoms with Crippen LogP contribution >= 0.6 is 0 Å². The van der Waals surface area contributed by atoms with Crippen LogP contribution in [0.25, 0.3) is 0 Å². The first-order valence-electron chi connectivity index (χ1n) is 5.93. The second kappa shape index (κ2) is 5.45. The molecule has 19 heavy (non-hydrogen) atoms. The Morgan fingerprint density at radius 2 is 1.47 bits per heavy atom. The number of hydrogen-bond acceptors (Lipinski definition) is 1. The molecule has 2 N–H and O–H groups in total. The lowest BCUT2D eigenvalue weighted by molar-refractivity contribution is -0.137. The molecule has 0 bridgehead atoms. The van der Waals surface area contributed by atoms with Crippen molar-refractivity contribution in [1.82, 2.24) is 0 Å². The maximum Gasteiger partial charge on any atom is 0.416 e. The smallest absolute Gasteiger partial charge is 0.326 e. The maximum absolute atomic E-state index is 12.4. The minimum atomic E-state index is -4.28. The summed E-state index contributed by atoms with van der Waals surface area (Å²) in [6.07, 6.45) is -3.68. The molecule has 2 aromatic rings. The first kappa shape index (κ1) is 13.6. The van der Waals surface area contributed by atoms with Crippen LogP contribution in [-0.4, -0.2) is 0 Å². The Morgan fingerprint density at radius 3 is 2.05 bits per heavy atom. The van der Waals surface area contributed by atoms with E-state index in [2.05, 4.69) is 0 Å². The van der Waals surface area contributed by atoms with Crippen LogP contribution in [0.1, 0.15) is 22.3 Å². The van der Waals surface area contributed by atoms with Gasteiger partial charge < -0.3 is 5.73 Å². The minimum Gasteiger partial charge on any atom is -0.326 e. The summed E-state index contributed by atoms with van der Waals surface area (Å²) < 4.78 is 37.3. The fourth-order valence-corrected chi connectivity index (χ4v) is 1.91. The van der Waals surface area contributed by atoms with Crippen LogP contribution in [0.15, 0.2) is 48.5 Å². The van der Waals surface area contributed by atoms with Crippen LogP contribution in [0.5, 0.6) is 0 Å². The van der Waals surface area contributed by atoms with Gasteiger partial charge in [0, 0.05) is 6.54 Å². The molecule has 0 atom stereocenters. The highest BCUT2D eigenvalue weighted by Gasteiger charge is 2.29. The van der Waals surface area contributed by atoms with Gasteiger partial charge in [0.1, 0.15) is 0 Å². The van der Waals surface area contributed by atoms with E-state index < -0.39 is 11.7 Å². The van der Waals surface area contributed by atoms with Crippen LogP contribution in [0.4, 0.5) is 13.2 Å². The van der Waals surface area contributed by atoms with Crippen molar-refractivity contribution < 1.29 is 13.2 Å². The van der Waals surface area contributed by atoms with E-state index in [1.54, 1.807) is 0 Å². The number of nitrogens with two attached hydrogens (primary N) is 1. The van der Waals surface area contributed by atoms with Crippen molar-refractivity contribution in [2.45, 2.75) is 19.1 Å². The van der Waals surface area contributed by atoms with E-state index in [1.807, 2.05) is 24.3 Å². The van der Waals surface area contributed by atoms with Crippen molar-refractivity contribution >= 4 is 0 Å². The van der Waals surface area contributed by atoms with Gasteiger partial charge in [-0.25, -0.2) is 0 Å². The second-order valence-corrected chi connectivity index (χ2v) is 4.40. The molecule has 0 aromatic heterocycles. The third-order valence-corrected chi connectivity index (χ3v) is 2.92. The zero-order valence-corrected chi connectivity index (χ0v) is 10.2. The SMILES string of the molecule is NCc1cccc(Cc2ccc(C(F)(F)F)cc2)c1. The zero-order valence-electron chi connectivity index (χ0n) is 10.2. The van der Waals surface area contributed by atoms with E-state index in [0.717, 1.165) is 28.8 Å². The average molecular weight is 265 g/mol. The highest BCUT2D eigenvalue weighted by molar-refractivity contribution is 5.31. The van der Waals surface area contributed by atoms with Gasteiger partial charge >= 0.3 is 6.18 Å². The molecule has 100 valence electrons. The van der Waals surface area contributed by atoms with Gasteiger partial charge in [0.15, 0.2) is 0 Å². The largest absolute Gasteiger partial charge is 0.416 e. The molecule has 0 fully saturated rings. The number of rotatable bonds is 3. The molecule has 0 aliphatic rings. The first-order chi connectivity index (χ1) is 8.99. The Bertz CT molecular complexity index is 544. The van der Waals surface area contributed by atoms with E-state index in [9.17, 15) is 13.2 Å². The third kappa shape index (κ3) is 3.58. The van der Waals surface area contributed by atoms with Crippen LogP contribution in [0.2, 0.25) is 0 Å². The summed E-state index contributed by atoms with van der Waals surface area (Å²) in [6, 6.07) is 13.0. The predicted octanol–water partition coefficient (Wildman–Crippen LogP) is 3.75. The highest BCUT2D eigenvalue weighted by atomic mass is 19.4. The van der Waals surface area contributed by atoms with E-state index in [1.165, 1.54) is 12.1 Å². The Balaban J connectivity index is 2.15. The monoisotopic (exact) mass is 265 g/mol. The molecule has 0 radical (unpaired) electrons. The molecular weight excluding hydrogens is 251 g/mol. The Morgan fingerprint density at radius 1 is 0.842 bits per heavy atom. The van der Waals surface area contributed by atoms with Crippen LogP contribution < -0.4 is 5.73 Å². The molecular formula is C15H14F3N. The molecule has 0 spiro atoms. The van der Waals surface area contributed by atoms with Crippen molar-refractivity contribution in [2.75, 3.05) is 0 Å². The second-order valence-electron chi connectivity index (χ2n) is 4.40. The third-order valence-electron chi connectivity index (χ3n) is 2.92. The van der Waals surface area contributed by atoms with Gasteiger partial charge in [0.2, 0.25) is 0 Å². The number of benzene rings is 2. The lowest BCUT2D eigenvalue weighted by Gasteiger charge is -2.08. The van der Waals surface area contributed by atoms with Crippen molar-refractivity contribution in [3.05, 3.63) is 70.8 Å². The van der Waals surface area contributed by atoms with E-state index in [0.29, 0.717) is 13.0 Å². The normalized spacial score (nSPS) is 11.6.